The molecule has 0 aromatic carbocycles. The number of furan rings is 1. The van der Waals surface area contributed by atoms with Gasteiger partial charge in [-0.3, -0.25) is 14.3 Å². The number of esters is 1. The Morgan fingerprint density at radius 1 is 1.45 bits per heavy atom. The second-order valence-electron chi connectivity index (χ2n) is 5.33. The van der Waals surface area contributed by atoms with Crippen molar-refractivity contribution in [1.29, 1.82) is 0 Å². The Labute approximate surface area is 128 Å². The Balaban J connectivity index is 2.06. The van der Waals surface area contributed by atoms with Crippen LogP contribution in [-0.2, 0) is 14.3 Å². The van der Waals surface area contributed by atoms with Crippen LogP contribution in [0.25, 0.3) is 0 Å². The lowest BCUT2D eigenvalue weighted by Gasteiger charge is -2.24. The van der Waals surface area contributed by atoms with Crippen LogP contribution < -0.4 is 5.32 Å². The van der Waals surface area contributed by atoms with E-state index in [-0.39, 0.29) is 18.5 Å². The molecule has 0 saturated carbocycles. The van der Waals surface area contributed by atoms with E-state index >= 15 is 0 Å². The standard InChI is InChI=1S/C15H19N3O4/c1-11(19)22-15(2,3)14(20)16-10-12(13-6-4-9-21-13)18-8-5-7-17-18/h4-9,12H,10H2,1-3H3,(H,16,20)/t12-/m1/s1. The van der Waals surface area contributed by atoms with E-state index in [1.165, 1.54) is 6.92 Å². The summed E-state index contributed by atoms with van der Waals surface area (Å²) in [6.45, 7) is 4.61. The summed E-state index contributed by atoms with van der Waals surface area (Å²) < 4.78 is 12.1. The molecule has 1 N–H and O–H groups in total. The van der Waals surface area contributed by atoms with Gasteiger partial charge in [-0.05, 0) is 32.0 Å². The molecule has 0 aliphatic heterocycles. The quantitative estimate of drug-likeness (QED) is 0.818. The first kappa shape index (κ1) is 15.8. The Morgan fingerprint density at radius 3 is 2.77 bits per heavy atom. The van der Waals surface area contributed by atoms with Crippen molar-refractivity contribution in [1.82, 2.24) is 15.1 Å². The molecule has 2 aromatic heterocycles. The maximum atomic E-state index is 12.2. The number of aromatic nitrogens is 2. The summed E-state index contributed by atoms with van der Waals surface area (Å²) in [4.78, 5) is 23.2. The number of nitrogens with one attached hydrogen (secondary N) is 1. The van der Waals surface area contributed by atoms with Crippen molar-refractivity contribution >= 4 is 11.9 Å². The molecule has 2 heterocycles. The molecule has 7 heteroatoms. The molecule has 0 fully saturated rings. The maximum absolute atomic E-state index is 12.2. The van der Waals surface area contributed by atoms with Crippen molar-refractivity contribution in [3.63, 3.8) is 0 Å². The van der Waals surface area contributed by atoms with Gasteiger partial charge < -0.3 is 14.5 Å². The number of rotatable bonds is 6. The van der Waals surface area contributed by atoms with E-state index in [1.807, 2.05) is 6.07 Å². The van der Waals surface area contributed by atoms with E-state index in [9.17, 15) is 9.59 Å². The minimum absolute atomic E-state index is 0.263. The van der Waals surface area contributed by atoms with E-state index < -0.39 is 11.6 Å². The van der Waals surface area contributed by atoms with Crippen LogP contribution in [0.4, 0.5) is 0 Å². The molecule has 0 spiro atoms. The summed E-state index contributed by atoms with van der Waals surface area (Å²) in [6, 6.07) is 5.11. The SMILES string of the molecule is CC(=O)OC(C)(C)C(=O)NC[C@H](c1ccco1)n1cccn1. The summed E-state index contributed by atoms with van der Waals surface area (Å²) in [6.07, 6.45) is 5.01. The second-order valence-corrected chi connectivity index (χ2v) is 5.33. The highest BCUT2D eigenvalue weighted by atomic mass is 16.6. The Kier molecular flexibility index (Phi) is 4.65. The fourth-order valence-electron chi connectivity index (χ4n) is 2.08. The number of hydrogen-bond acceptors (Lipinski definition) is 5. The third kappa shape index (κ3) is 3.75. The van der Waals surface area contributed by atoms with E-state index in [0.29, 0.717) is 5.76 Å². The number of hydrogen-bond donors (Lipinski definition) is 1. The summed E-state index contributed by atoms with van der Waals surface area (Å²) in [5, 5.41) is 6.95. The molecule has 0 aliphatic carbocycles. The zero-order valence-electron chi connectivity index (χ0n) is 12.8. The van der Waals surface area contributed by atoms with Gasteiger partial charge in [0.15, 0.2) is 5.60 Å². The van der Waals surface area contributed by atoms with Crippen LogP contribution in [0.3, 0.4) is 0 Å². The number of carbonyl (C=O) groups excluding carboxylic acids is 2. The van der Waals surface area contributed by atoms with E-state index in [4.69, 9.17) is 9.15 Å². The van der Waals surface area contributed by atoms with Gasteiger partial charge in [0, 0.05) is 25.9 Å². The third-order valence-corrected chi connectivity index (χ3v) is 3.12. The molecule has 22 heavy (non-hydrogen) atoms. The Bertz CT molecular complexity index is 583. The highest BCUT2D eigenvalue weighted by Gasteiger charge is 2.31. The molecule has 2 aromatic rings. The maximum Gasteiger partial charge on any atom is 0.303 e. The summed E-state index contributed by atoms with van der Waals surface area (Å²) in [5.74, 6) is -0.212. The summed E-state index contributed by atoms with van der Waals surface area (Å²) in [7, 11) is 0. The van der Waals surface area contributed by atoms with Crippen molar-refractivity contribution in [2.75, 3.05) is 6.54 Å². The van der Waals surface area contributed by atoms with E-state index in [0.717, 1.165) is 0 Å². The smallest absolute Gasteiger partial charge is 0.303 e. The van der Waals surface area contributed by atoms with Gasteiger partial charge in [-0.25, -0.2) is 0 Å². The van der Waals surface area contributed by atoms with E-state index in [2.05, 4.69) is 10.4 Å². The lowest BCUT2D eigenvalue weighted by atomic mass is 10.1. The lowest BCUT2D eigenvalue weighted by molar-refractivity contribution is -0.162. The average molecular weight is 305 g/mol. The third-order valence-electron chi connectivity index (χ3n) is 3.12. The predicted octanol–water partition coefficient (Wildman–Crippen LogP) is 1.52. The van der Waals surface area contributed by atoms with Crippen LogP contribution in [0.2, 0.25) is 0 Å². The van der Waals surface area contributed by atoms with Gasteiger partial charge >= 0.3 is 5.97 Å². The van der Waals surface area contributed by atoms with Crippen LogP contribution in [0, 0.1) is 0 Å². The fourth-order valence-corrected chi connectivity index (χ4v) is 2.08. The first-order valence-electron chi connectivity index (χ1n) is 6.90. The number of nitrogens with zero attached hydrogens (tertiary/aromatic N) is 2. The van der Waals surface area contributed by atoms with Gasteiger partial charge in [0.1, 0.15) is 11.8 Å². The molecule has 0 unspecified atom stereocenters. The topological polar surface area (TPSA) is 86.4 Å². The second kappa shape index (κ2) is 6.46. The van der Waals surface area contributed by atoms with Gasteiger partial charge in [-0.15, -0.1) is 0 Å². The summed E-state index contributed by atoms with van der Waals surface area (Å²) >= 11 is 0. The zero-order chi connectivity index (χ0) is 16.2. The van der Waals surface area contributed by atoms with Crippen molar-refractivity contribution < 1.29 is 18.7 Å². The van der Waals surface area contributed by atoms with Gasteiger partial charge in [-0.1, -0.05) is 0 Å². The number of ether oxygens (including phenoxy) is 1. The number of amides is 1. The average Bonchev–Trinajstić information content (AvgIpc) is 3.10. The molecule has 0 bridgehead atoms. The van der Waals surface area contributed by atoms with Crippen LogP contribution in [0.15, 0.2) is 41.3 Å². The van der Waals surface area contributed by atoms with Crippen LogP contribution in [0.1, 0.15) is 32.6 Å². The molecule has 7 nitrogen and oxygen atoms in total. The van der Waals surface area contributed by atoms with Crippen LogP contribution in [0.5, 0.6) is 0 Å². The van der Waals surface area contributed by atoms with Crippen molar-refractivity contribution in [2.45, 2.75) is 32.4 Å². The van der Waals surface area contributed by atoms with Crippen molar-refractivity contribution in [3.05, 3.63) is 42.6 Å². The highest BCUT2D eigenvalue weighted by Crippen LogP contribution is 2.18. The van der Waals surface area contributed by atoms with Crippen molar-refractivity contribution in [3.8, 4) is 0 Å². The molecule has 1 amide bonds. The minimum Gasteiger partial charge on any atom is -0.467 e. The van der Waals surface area contributed by atoms with Gasteiger partial charge in [0.2, 0.25) is 0 Å². The normalized spacial score (nSPS) is 12.7. The fraction of sp³-hybridized carbons (Fsp3) is 0.400. The summed E-state index contributed by atoms with van der Waals surface area (Å²) in [5.41, 5.74) is -1.23. The largest absolute Gasteiger partial charge is 0.467 e. The first-order valence-corrected chi connectivity index (χ1v) is 6.90. The Hall–Kier alpha value is -2.57. The van der Waals surface area contributed by atoms with Gasteiger partial charge in [0.25, 0.3) is 5.91 Å². The van der Waals surface area contributed by atoms with Crippen molar-refractivity contribution in [2.24, 2.45) is 0 Å². The van der Waals surface area contributed by atoms with Crippen LogP contribution >= 0.6 is 0 Å². The Morgan fingerprint density at radius 2 is 2.23 bits per heavy atom. The molecule has 0 radical (unpaired) electrons. The zero-order valence-corrected chi connectivity index (χ0v) is 12.8. The highest BCUT2D eigenvalue weighted by molar-refractivity contribution is 5.86. The molecule has 1 atom stereocenters. The van der Waals surface area contributed by atoms with E-state index in [1.54, 1.807) is 49.3 Å². The lowest BCUT2D eigenvalue weighted by Crippen LogP contribution is -2.46. The monoisotopic (exact) mass is 305 g/mol. The molecule has 2 rings (SSSR count). The molecule has 0 aliphatic rings. The van der Waals surface area contributed by atoms with Crippen LogP contribution in [-0.4, -0.2) is 33.8 Å². The molecular weight excluding hydrogens is 286 g/mol. The minimum atomic E-state index is -1.23. The van der Waals surface area contributed by atoms with Gasteiger partial charge in [-0.2, -0.15) is 5.10 Å². The van der Waals surface area contributed by atoms with Gasteiger partial charge in [0.05, 0.1) is 6.26 Å². The first-order chi connectivity index (χ1) is 10.4. The molecule has 118 valence electrons. The molecule has 0 saturated heterocycles. The predicted molar refractivity (Wildman–Crippen MR) is 77.9 cm³/mol. The molecular formula is C15H19N3O4. The number of carbonyl (C=O) groups is 2.